The van der Waals surface area contributed by atoms with Crippen LogP contribution in [0.25, 0.3) is 0 Å². The molecule has 1 aromatic carbocycles. The molecule has 0 unspecified atom stereocenters. The third-order valence-electron chi connectivity index (χ3n) is 10.0. The van der Waals surface area contributed by atoms with Gasteiger partial charge in [-0.15, -0.1) is 0 Å². The minimum atomic E-state index is -1.34. The summed E-state index contributed by atoms with van der Waals surface area (Å²) >= 11 is 0. The zero-order valence-corrected chi connectivity index (χ0v) is 28.6. The summed E-state index contributed by atoms with van der Waals surface area (Å²) in [6.45, 7) is 8.33. The SMILES string of the molecule is CC[C@H](C)C(=O)O[C@H]1C[C@@H](C)C=C2C=C[C@H](C)[C@H](CC[C@H]3C[C@@H](O)CC(=O)O3)[C@H]21.NC(=O)C1CCCCC1.OB(O)c1ccccc1. The number of allylic oxidation sites excluding steroid dienone is 3. The van der Waals surface area contributed by atoms with E-state index in [0.717, 1.165) is 38.5 Å². The highest BCUT2D eigenvalue weighted by molar-refractivity contribution is 6.58. The highest BCUT2D eigenvalue weighted by atomic mass is 16.6. The fourth-order valence-corrected chi connectivity index (χ4v) is 7.08. The maximum Gasteiger partial charge on any atom is 0.488 e. The summed E-state index contributed by atoms with van der Waals surface area (Å²) in [6.07, 6.45) is 15.4. The van der Waals surface area contributed by atoms with E-state index in [1.807, 2.05) is 19.9 Å². The molecule has 0 bridgehead atoms. The molecule has 2 fully saturated rings. The molecule has 260 valence electrons. The summed E-state index contributed by atoms with van der Waals surface area (Å²) in [5.41, 5.74) is 6.93. The number of benzene rings is 1. The van der Waals surface area contributed by atoms with Crippen LogP contribution in [0.3, 0.4) is 0 Å². The van der Waals surface area contributed by atoms with Gasteiger partial charge in [-0.25, -0.2) is 0 Å². The number of fused-ring (bicyclic) bond motifs is 1. The molecule has 8 atom stereocenters. The predicted molar refractivity (Wildman–Crippen MR) is 183 cm³/mol. The lowest BCUT2D eigenvalue weighted by Gasteiger charge is -2.43. The molecule has 0 aromatic heterocycles. The van der Waals surface area contributed by atoms with Crippen LogP contribution in [0.2, 0.25) is 0 Å². The summed E-state index contributed by atoms with van der Waals surface area (Å²) in [6, 6.07) is 8.66. The second kappa shape index (κ2) is 19.2. The van der Waals surface area contributed by atoms with Gasteiger partial charge < -0.3 is 30.4 Å². The van der Waals surface area contributed by atoms with E-state index < -0.39 is 13.2 Å². The Morgan fingerprint density at radius 3 is 2.30 bits per heavy atom. The van der Waals surface area contributed by atoms with Gasteiger partial charge in [0.1, 0.15) is 12.2 Å². The second-order valence-corrected chi connectivity index (χ2v) is 13.9. The number of primary amides is 1. The van der Waals surface area contributed by atoms with Crippen LogP contribution in [0.1, 0.15) is 98.3 Å². The van der Waals surface area contributed by atoms with Crippen LogP contribution in [-0.2, 0) is 23.9 Å². The van der Waals surface area contributed by atoms with Gasteiger partial charge in [-0.3, -0.25) is 14.4 Å². The third kappa shape index (κ3) is 12.2. The van der Waals surface area contributed by atoms with Gasteiger partial charge in [-0.2, -0.15) is 0 Å². The van der Waals surface area contributed by atoms with E-state index in [2.05, 4.69) is 32.1 Å². The van der Waals surface area contributed by atoms with Gasteiger partial charge in [0, 0.05) is 18.3 Å². The average Bonchev–Trinajstić information content (AvgIpc) is 3.05. The molecule has 1 saturated carbocycles. The topological polar surface area (TPSA) is 156 Å². The molecule has 1 aliphatic heterocycles. The number of aliphatic hydroxyl groups is 1. The zero-order chi connectivity index (χ0) is 34.5. The van der Waals surface area contributed by atoms with Crippen molar-refractivity contribution in [2.45, 2.75) is 117 Å². The number of hydrogen-bond acceptors (Lipinski definition) is 8. The van der Waals surface area contributed by atoms with E-state index in [0.29, 0.717) is 29.6 Å². The molecule has 5 N–H and O–H groups in total. The Labute approximate surface area is 281 Å². The Hall–Kier alpha value is -2.95. The number of hydrogen-bond donors (Lipinski definition) is 4. The first kappa shape index (κ1) is 38.5. The van der Waals surface area contributed by atoms with Crippen LogP contribution in [0.5, 0.6) is 0 Å². The summed E-state index contributed by atoms with van der Waals surface area (Å²) in [4.78, 5) is 34.8. The average molecular weight is 654 g/mol. The highest BCUT2D eigenvalue weighted by Gasteiger charge is 2.42. The van der Waals surface area contributed by atoms with E-state index in [9.17, 15) is 19.5 Å². The van der Waals surface area contributed by atoms with Gasteiger partial charge in [0.15, 0.2) is 0 Å². The lowest BCUT2D eigenvalue weighted by atomic mass is 9.65. The maximum atomic E-state index is 12.5. The van der Waals surface area contributed by atoms with Crippen LogP contribution < -0.4 is 11.2 Å². The van der Waals surface area contributed by atoms with Crippen LogP contribution in [-0.4, -0.2) is 58.4 Å². The zero-order valence-electron chi connectivity index (χ0n) is 28.6. The minimum Gasteiger partial charge on any atom is -0.462 e. The van der Waals surface area contributed by atoms with E-state index in [1.54, 1.807) is 24.3 Å². The molecule has 1 aromatic rings. The van der Waals surface area contributed by atoms with Crippen molar-refractivity contribution < 1.29 is 39.0 Å². The summed E-state index contributed by atoms with van der Waals surface area (Å²) < 4.78 is 11.5. The van der Waals surface area contributed by atoms with Crippen molar-refractivity contribution in [2.75, 3.05) is 0 Å². The molecular formula is C37H56BNO8. The van der Waals surface area contributed by atoms with Gasteiger partial charge in [-0.05, 0) is 67.3 Å². The molecule has 9 nitrogen and oxygen atoms in total. The predicted octanol–water partition coefficient (Wildman–Crippen LogP) is 4.61. The molecular weight excluding hydrogens is 597 g/mol. The number of carbonyl (C=O) groups excluding carboxylic acids is 3. The molecule has 4 aliphatic rings. The van der Waals surface area contributed by atoms with Crippen LogP contribution in [0, 0.1) is 35.5 Å². The standard InChI is InChI=1S/C24H36O5.C7H13NO.C6H7BO2/c1-5-15(3)24(27)29-21-11-14(2)10-17-7-6-16(4)20(23(17)21)9-8-19-12-18(25)13-22(26)28-19;2*8-7(9)6-4-2-1-3-5-6/h6-7,10,14-16,18-21,23,25H,5,8-9,11-13H2,1-4H3;6H,1-5H2,(H2,8,9);1-5,8-9H/t14-,15-,16-,18+,19-,20-,21-,23-;;/m0../s1. The van der Waals surface area contributed by atoms with Crippen molar-refractivity contribution in [3.8, 4) is 0 Å². The first-order valence-electron chi connectivity index (χ1n) is 17.6. The number of ether oxygens (including phenoxy) is 2. The Balaban J connectivity index is 0.000000269. The molecule has 1 heterocycles. The van der Waals surface area contributed by atoms with Crippen molar-refractivity contribution in [3.05, 3.63) is 54.1 Å². The quantitative estimate of drug-likeness (QED) is 0.234. The monoisotopic (exact) mass is 653 g/mol. The molecule has 0 radical (unpaired) electrons. The number of cyclic esters (lactones) is 1. The van der Waals surface area contributed by atoms with Crippen molar-refractivity contribution in [1.82, 2.24) is 0 Å². The van der Waals surface area contributed by atoms with Crippen LogP contribution >= 0.6 is 0 Å². The number of amides is 1. The smallest absolute Gasteiger partial charge is 0.462 e. The van der Waals surface area contributed by atoms with Crippen molar-refractivity contribution in [1.29, 1.82) is 0 Å². The van der Waals surface area contributed by atoms with Gasteiger partial charge in [-0.1, -0.05) is 95.5 Å². The van der Waals surface area contributed by atoms with Crippen LogP contribution in [0.4, 0.5) is 0 Å². The summed E-state index contributed by atoms with van der Waals surface area (Å²) in [5.74, 6) is 0.846. The molecule has 47 heavy (non-hydrogen) atoms. The fourth-order valence-electron chi connectivity index (χ4n) is 7.08. The second-order valence-electron chi connectivity index (χ2n) is 13.9. The number of nitrogens with two attached hydrogens (primary N) is 1. The van der Waals surface area contributed by atoms with Gasteiger partial charge in [0.2, 0.25) is 5.91 Å². The first-order valence-corrected chi connectivity index (χ1v) is 17.6. The minimum absolute atomic E-state index is 0.0854. The Morgan fingerprint density at radius 1 is 1.06 bits per heavy atom. The Kier molecular flexibility index (Phi) is 15.7. The van der Waals surface area contributed by atoms with Gasteiger partial charge in [0.25, 0.3) is 0 Å². The van der Waals surface area contributed by atoms with E-state index in [1.165, 1.54) is 24.8 Å². The van der Waals surface area contributed by atoms with Gasteiger partial charge in [0.05, 0.1) is 18.4 Å². The summed E-state index contributed by atoms with van der Waals surface area (Å²) in [5, 5.41) is 27.1. The van der Waals surface area contributed by atoms with E-state index >= 15 is 0 Å². The van der Waals surface area contributed by atoms with E-state index in [-0.39, 0.29) is 54.2 Å². The number of aliphatic hydroxyl groups excluding tert-OH is 1. The maximum absolute atomic E-state index is 12.5. The lowest BCUT2D eigenvalue weighted by molar-refractivity contribution is -0.162. The Morgan fingerprint density at radius 2 is 1.74 bits per heavy atom. The molecule has 0 spiro atoms. The first-order chi connectivity index (χ1) is 22.4. The fraction of sp³-hybridized carbons (Fsp3) is 0.649. The van der Waals surface area contributed by atoms with Gasteiger partial charge >= 0.3 is 19.1 Å². The van der Waals surface area contributed by atoms with Crippen molar-refractivity contribution >= 4 is 30.4 Å². The van der Waals surface area contributed by atoms with E-state index in [4.69, 9.17) is 25.3 Å². The van der Waals surface area contributed by atoms with Crippen molar-refractivity contribution in [3.63, 3.8) is 0 Å². The van der Waals surface area contributed by atoms with Crippen LogP contribution in [0.15, 0.2) is 54.1 Å². The normalized spacial score (nSPS) is 29.3. The Bertz CT molecular complexity index is 1200. The molecule has 5 rings (SSSR count). The summed E-state index contributed by atoms with van der Waals surface area (Å²) in [7, 11) is -1.34. The molecule has 3 aliphatic carbocycles. The largest absolute Gasteiger partial charge is 0.488 e. The number of carbonyl (C=O) groups is 3. The highest BCUT2D eigenvalue weighted by Crippen LogP contribution is 2.45. The molecule has 10 heteroatoms. The number of esters is 2. The third-order valence-corrected chi connectivity index (χ3v) is 10.0. The lowest BCUT2D eigenvalue weighted by Crippen LogP contribution is -2.42. The molecule has 1 amide bonds. The van der Waals surface area contributed by atoms with Crippen molar-refractivity contribution in [2.24, 2.45) is 41.2 Å². The number of rotatable bonds is 8. The molecule has 1 saturated heterocycles.